The average Bonchev–Trinajstić information content (AvgIpc) is 1.95. The van der Waals surface area contributed by atoms with E-state index in [0.717, 1.165) is 0 Å². The van der Waals surface area contributed by atoms with E-state index in [9.17, 15) is 0 Å². The molecule has 0 unspecified atom stereocenters. The predicted molar refractivity (Wildman–Crippen MR) is 39.0 cm³/mol. The van der Waals surface area contributed by atoms with E-state index in [1.807, 2.05) is 6.92 Å². The van der Waals surface area contributed by atoms with Crippen molar-refractivity contribution in [2.45, 2.75) is 13.3 Å². The van der Waals surface area contributed by atoms with Gasteiger partial charge < -0.3 is 15.3 Å². The molecule has 0 aromatic carbocycles. The molecule has 0 aliphatic carbocycles. The smallest absolute Gasteiger partial charge is 0.0531 e. The highest BCUT2D eigenvalue weighted by atomic mass is 19.0. The molecule has 0 saturated carbocycles. The molecule has 0 aliphatic rings. The molecule has 0 saturated heterocycles. The van der Waals surface area contributed by atoms with Crippen LogP contribution in [0.3, 0.4) is 0 Å². The van der Waals surface area contributed by atoms with Crippen molar-refractivity contribution in [2.75, 3.05) is 19.8 Å². The molecule has 0 radical (unpaired) electrons. The van der Waals surface area contributed by atoms with E-state index >= 15 is 0 Å². The van der Waals surface area contributed by atoms with Crippen LogP contribution < -0.4 is 0 Å². The number of aliphatic hydroxyl groups is 3. The fourth-order valence-corrected chi connectivity index (χ4v) is 0.485. The Balaban J connectivity index is -0.000000320. The average molecular weight is 174 g/mol. The van der Waals surface area contributed by atoms with Crippen molar-refractivity contribution in [3.63, 3.8) is 0 Å². The number of hydrogen-bond acceptors (Lipinski definition) is 3. The van der Waals surface area contributed by atoms with Crippen LogP contribution in [-0.4, -0.2) is 35.1 Å². The first-order valence-electron chi connectivity index (χ1n) is 3.07. The van der Waals surface area contributed by atoms with Crippen molar-refractivity contribution in [1.29, 1.82) is 0 Å². The van der Waals surface area contributed by atoms with Gasteiger partial charge in [-0.05, 0) is 6.42 Å². The molecule has 72 valence electrons. The van der Waals surface area contributed by atoms with Crippen LogP contribution >= 0.6 is 0 Å². The fourth-order valence-electron chi connectivity index (χ4n) is 0.485. The van der Waals surface area contributed by atoms with Crippen molar-refractivity contribution in [3.05, 3.63) is 0 Å². The second kappa shape index (κ2) is 7.84. The third kappa shape index (κ3) is 4.23. The summed E-state index contributed by atoms with van der Waals surface area (Å²) < 4.78 is 0. The van der Waals surface area contributed by atoms with Crippen LogP contribution in [0.4, 0.5) is 9.41 Å². The summed E-state index contributed by atoms with van der Waals surface area (Å²) in [5.41, 5.74) is -0.667. The van der Waals surface area contributed by atoms with Crippen molar-refractivity contribution in [2.24, 2.45) is 5.41 Å². The van der Waals surface area contributed by atoms with Gasteiger partial charge in [0.05, 0.1) is 19.8 Å². The van der Waals surface area contributed by atoms with Crippen molar-refractivity contribution in [1.82, 2.24) is 0 Å². The minimum absolute atomic E-state index is 0. The Morgan fingerprint density at radius 2 is 1.18 bits per heavy atom. The van der Waals surface area contributed by atoms with Crippen LogP contribution in [0, 0.1) is 5.41 Å². The summed E-state index contributed by atoms with van der Waals surface area (Å²) in [5, 5.41) is 26.0. The molecule has 0 aromatic rings. The summed E-state index contributed by atoms with van der Waals surface area (Å²) in [6.45, 7) is 1.35. The molecule has 0 aromatic heterocycles. The van der Waals surface area contributed by atoms with Crippen LogP contribution in [0.2, 0.25) is 0 Å². The van der Waals surface area contributed by atoms with Crippen LogP contribution in [0.25, 0.3) is 0 Å². The maximum absolute atomic E-state index is 8.66. The van der Waals surface area contributed by atoms with E-state index in [1.54, 1.807) is 0 Å². The Kier molecular flexibility index (Phi) is 12.1. The molecular formula is C6H16F2O3. The standard InChI is InChI=1S/C6H14O3.2FH/c1-2-6(3-7,4-8)5-9;;/h7-9H,2-5H2,1H3;2*1H. The zero-order chi connectivity index (χ0) is 7.33. The Hall–Kier alpha value is -0.260. The van der Waals surface area contributed by atoms with Gasteiger partial charge in [-0.25, -0.2) is 0 Å². The lowest BCUT2D eigenvalue weighted by Gasteiger charge is -2.24. The van der Waals surface area contributed by atoms with E-state index in [-0.39, 0.29) is 29.2 Å². The van der Waals surface area contributed by atoms with E-state index < -0.39 is 5.41 Å². The highest BCUT2D eigenvalue weighted by Gasteiger charge is 2.24. The SMILES string of the molecule is CCC(CO)(CO)CO.F.F. The van der Waals surface area contributed by atoms with Crippen LogP contribution in [0.5, 0.6) is 0 Å². The fraction of sp³-hybridized carbons (Fsp3) is 1.00. The number of halogens is 2. The second-order valence-electron chi connectivity index (χ2n) is 2.33. The Labute approximate surface area is 64.4 Å². The molecule has 5 heteroatoms. The van der Waals surface area contributed by atoms with Gasteiger partial charge in [0, 0.05) is 5.41 Å². The zero-order valence-electron chi connectivity index (χ0n) is 6.49. The third-order valence-corrected chi connectivity index (χ3v) is 1.76. The quantitative estimate of drug-likeness (QED) is 0.546. The lowest BCUT2D eigenvalue weighted by Crippen LogP contribution is -2.32. The van der Waals surface area contributed by atoms with Gasteiger partial charge in [-0.1, -0.05) is 6.92 Å². The third-order valence-electron chi connectivity index (χ3n) is 1.76. The molecule has 0 bridgehead atoms. The predicted octanol–water partition coefficient (Wildman–Crippen LogP) is -0.335. The summed E-state index contributed by atoms with van der Waals surface area (Å²) in [7, 11) is 0. The summed E-state index contributed by atoms with van der Waals surface area (Å²) in [6, 6.07) is 0. The molecule has 11 heavy (non-hydrogen) atoms. The first kappa shape index (κ1) is 17.0. The summed E-state index contributed by atoms with van der Waals surface area (Å²) in [4.78, 5) is 0. The molecule has 3 N–H and O–H groups in total. The molecule has 0 rings (SSSR count). The van der Waals surface area contributed by atoms with Crippen LogP contribution in [0.1, 0.15) is 13.3 Å². The highest BCUT2D eigenvalue weighted by Crippen LogP contribution is 2.18. The Morgan fingerprint density at radius 1 is 0.909 bits per heavy atom. The first-order valence-corrected chi connectivity index (χ1v) is 3.07. The van der Waals surface area contributed by atoms with Crippen LogP contribution in [0.15, 0.2) is 0 Å². The lowest BCUT2D eigenvalue weighted by atomic mass is 9.88. The second-order valence-corrected chi connectivity index (χ2v) is 2.33. The van der Waals surface area contributed by atoms with Gasteiger partial charge in [-0.3, -0.25) is 9.41 Å². The number of rotatable bonds is 4. The molecule has 0 amide bonds. The molecular weight excluding hydrogens is 158 g/mol. The van der Waals surface area contributed by atoms with Gasteiger partial charge in [0.15, 0.2) is 0 Å². The minimum Gasteiger partial charge on any atom is -0.396 e. The molecule has 0 atom stereocenters. The van der Waals surface area contributed by atoms with E-state index in [1.165, 1.54) is 0 Å². The molecule has 0 aliphatic heterocycles. The van der Waals surface area contributed by atoms with Crippen molar-refractivity contribution in [3.8, 4) is 0 Å². The number of hydrogen-bond donors (Lipinski definition) is 3. The van der Waals surface area contributed by atoms with E-state index in [0.29, 0.717) is 6.42 Å². The zero-order valence-corrected chi connectivity index (χ0v) is 6.49. The van der Waals surface area contributed by atoms with E-state index in [2.05, 4.69) is 0 Å². The van der Waals surface area contributed by atoms with Crippen molar-refractivity contribution < 1.29 is 24.7 Å². The summed E-state index contributed by atoms with van der Waals surface area (Å²) in [6.07, 6.45) is 0.594. The maximum atomic E-state index is 8.66. The minimum atomic E-state index is -0.667. The monoisotopic (exact) mass is 174 g/mol. The Bertz CT molecular complexity index is 58.7. The van der Waals surface area contributed by atoms with Gasteiger partial charge in [-0.15, -0.1) is 0 Å². The lowest BCUT2D eigenvalue weighted by molar-refractivity contribution is 0.00304. The maximum Gasteiger partial charge on any atom is 0.0531 e. The molecule has 0 fully saturated rings. The van der Waals surface area contributed by atoms with Gasteiger partial charge in [0.1, 0.15) is 0 Å². The van der Waals surface area contributed by atoms with Gasteiger partial charge in [0.25, 0.3) is 0 Å². The van der Waals surface area contributed by atoms with Crippen LogP contribution in [-0.2, 0) is 0 Å². The Morgan fingerprint density at radius 3 is 1.18 bits per heavy atom. The highest BCUT2D eigenvalue weighted by molar-refractivity contribution is 4.74. The van der Waals surface area contributed by atoms with Gasteiger partial charge in [-0.2, -0.15) is 0 Å². The van der Waals surface area contributed by atoms with E-state index in [4.69, 9.17) is 15.3 Å². The van der Waals surface area contributed by atoms with Gasteiger partial charge in [0.2, 0.25) is 0 Å². The first-order chi connectivity index (χ1) is 4.24. The number of aliphatic hydroxyl groups excluding tert-OH is 3. The molecule has 0 spiro atoms. The molecule has 3 nitrogen and oxygen atoms in total. The van der Waals surface area contributed by atoms with Crippen molar-refractivity contribution >= 4 is 0 Å². The topological polar surface area (TPSA) is 60.7 Å². The summed E-state index contributed by atoms with van der Waals surface area (Å²) in [5.74, 6) is 0. The van der Waals surface area contributed by atoms with Gasteiger partial charge >= 0.3 is 0 Å². The molecule has 0 heterocycles. The summed E-state index contributed by atoms with van der Waals surface area (Å²) >= 11 is 0. The largest absolute Gasteiger partial charge is 0.396 e. The normalized spacial score (nSPS) is 9.82.